The standard InChI is InChI=1S/C22H27N3O3/c26-21-14-19(16-25(21)17-20-8-4-13-28-20)22(27)24-10-5-9-23(11-12-24)15-18-6-2-1-3-7-18/h1-4,6-8,13,19H,5,9-12,14-17H2. The average Bonchev–Trinajstić information content (AvgIpc) is 3.28. The van der Waals surface area contributed by atoms with Gasteiger partial charge in [0.15, 0.2) is 0 Å². The van der Waals surface area contributed by atoms with Crippen LogP contribution in [0, 0.1) is 5.92 Å². The number of hydrogen-bond donors (Lipinski definition) is 0. The van der Waals surface area contributed by atoms with Crippen LogP contribution in [0.4, 0.5) is 0 Å². The maximum atomic E-state index is 13.0. The summed E-state index contributed by atoms with van der Waals surface area (Å²) < 4.78 is 5.34. The van der Waals surface area contributed by atoms with Gasteiger partial charge in [-0.05, 0) is 24.1 Å². The summed E-state index contributed by atoms with van der Waals surface area (Å²) in [7, 11) is 0. The number of nitrogens with zero attached hydrogens (tertiary/aromatic N) is 3. The summed E-state index contributed by atoms with van der Waals surface area (Å²) in [6.07, 6.45) is 2.88. The summed E-state index contributed by atoms with van der Waals surface area (Å²) in [6, 6.07) is 14.1. The van der Waals surface area contributed by atoms with Crippen molar-refractivity contribution in [1.29, 1.82) is 0 Å². The van der Waals surface area contributed by atoms with Gasteiger partial charge in [0, 0.05) is 45.7 Å². The summed E-state index contributed by atoms with van der Waals surface area (Å²) in [5.41, 5.74) is 1.30. The molecule has 2 aliphatic heterocycles. The van der Waals surface area contributed by atoms with Crippen LogP contribution in [0.2, 0.25) is 0 Å². The van der Waals surface area contributed by atoms with E-state index in [0.29, 0.717) is 19.5 Å². The van der Waals surface area contributed by atoms with Gasteiger partial charge < -0.3 is 14.2 Å². The number of likely N-dealkylation sites (tertiary alicyclic amines) is 1. The van der Waals surface area contributed by atoms with Gasteiger partial charge >= 0.3 is 0 Å². The van der Waals surface area contributed by atoms with Crippen molar-refractivity contribution in [2.24, 2.45) is 5.92 Å². The normalized spacial score (nSPS) is 21.1. The monoisotopic (exact) mass is 381 g/mol. The van der Waals surface area contributed by atoms with Crippen molar-refractivity contribution >= 4 is 11.8 Å². The average molecular weight is 381 g/mol. The van der Waals surface area contributed by atoms with E-state index in [-0.39, 0.29) is 17.7 Å². The molecule has 1 atom stereocenters. The highest BCUT2D eigenvalue weighted by Gasteiger charge is 2.37. The van der Waals surface area contributed by atoms with Gasteiger partial charge in [-0.3, -0.25) is 14.5 Å². The molecule has 0 saturated carbocycles. The van der Waals surface area contributed by atoms with Crippen molar-refractivity contribution in [1.82, 2.24) is 14.7 Å². The topological polar surface area (TPSA) is 57.0 Å². The molecule has 28 heavy (non-hydrogen) atoms. The fourth-order valence-electron chi connectivity index (χ4n) is 4.13. The van der Waals surface area contributed by atoms with Crippen LogP contribution in [-0.2, 0) is 22.7 Å². The second-order valence-corrected chi connectivity index (χ2v) is 7.70. The molecule has 0 N–H and O–H groups in total. The molecule has 0 spiro atoms. The molecule has 6 heteroatoms. The number of hydrogen-bond acceptors (Lipinski definition) is 4. The number of carbonyl (C=O) groups is 2. The van der Waals surface area contributed by atoms with Crippen molar-refractivity contribution in [3.05, 3.63) is 60.1 Å². The molecule has 2 saturated heterocycles. The Kier molecular flexibility index (Phi) is 5.76. The SMILES string of the molecule is O=C1CC(C(=O)N2CCCN(Cc3ccccc3)CC2)CN1Cc1ccco1. The Morgan fingerprint density at radius 3 is 2.64 bits per heavy atom. The van der Waals surface area contributed by atoms with E-state index in [2.05, 4.69) is 29.2 Å². The smallest absolute Gasteiger partial charge is 0.228 e. The van der Waals surface area contributed by atoms with Gasteiger partial charge in [-0.15, -0.1) is 0 Å². The second-order valence-electron chi connectivity index (χ2n) is 7.70. The first-order valence-electron chi connectivity index (χ1n) is 10.0. The highest BCUT2D eigenvalue weighted by atomic mass is 16.3. The first kappa shape index (κ1) is 18.7. The van der Waals surface area contributed by atoms with Crippen LogP contribution in [0.25, 0.3) is 0 Å². The summed E-state index contributed by atoms with van der Waals surface area (Å²) in [5, 5.41) is 0. The van der Waals surface area contributed by atoms with E-state index in [4.69, 9.17) is 4.42 Å². The van der Waals surface area contributed by atoms with E-state index >= 15 is 0 Å². The first-order chi connectivity index (χ1) is 13.7. The van der Waals surface area contributed by atoms with Gasteiger partial charge in [-0.2, -0.15) is 0 Å². The Morgan fingerprint density at radius 1 is 1.00 bits per heavy atom. The van der Waals surface area contributed by atoms with Crippen LogP contribution in [0.5, 0.6) is 0 Å². The molecular formula is C22H27N3O3. The Balaban J connectivity index is 1.30. The molecule has 2 fully saturated rings. The predicted molar refractivity (Wildman–Crippen MR) is 105 cm³/mol. The molecule has 0 bridgehead atoms. The van der Waals surface area contributed by atoms with Gasteiger partial charge in [-0.1, -0.05) is 30.3 Å². The van der Waals surface area contributed by atoms with Crippen molar-refractivity contribution in [2.75, 3.05) is 32.7 Å². The molecule has 2 amide bonds. The first-order valence-corrected chi connectivity index (χ1v) is 10.0. The van der Waals surface area contributed by atoms with E-state index in [0.717, 1.165) is 44.9 Å². The largest absolute Gasteiger partial charge is 0.467 e. The van der Waals surface area contributed by atoms with Gasteiger partial charge in [0.2, 0.25) is 11.8 Å². The molecule has 6 nitrogen and oxygen atoms in total. The summed E-state index contributed by atoms with van der Waals surface area (Å²) >= 11 is 0. The van der Waals surface area contributed by atoms with E-state index in [1.54, 1.807) is 11.2 Å². The third-order valence-electron chi connectivity index (χ3n) is 5.64. The Bertz CT molecular complexity index is 791. The zero-order chi connectivity index (χ0) is 19.3. The Labute approximate surface area is 165 Å². The van der Waals surface area contributed by atoms with Crippen LogP contribution in [0.3, 0.4) is 0 Å². The molecule has 0 radical (unpaired) electrons. The number of carbonyl (C=O) groups excluding carboxylic acids is 2. The van der Waals surface area contributed by atoms with E-state index in [1.165, 1.54) is 5.56 Å². The molecule has 1 unspecified atom stereocenters. The fourth-order valence-corrected chi connectivity index (χ4v) is 4.13. The maximum Gasteiger partial charge on any atom is 0.228 e. The third-order valence-corrected chi connectivity index (χ3v) is 5.64. The van der Waals surface area contributed by atoms with E-state index < -0.39 is 0 Å². The van der Waals surface area contributed by atoms with Gasteiger partial charge in [0.1, 0.15) is 5.76 Å². The predicted octanol–water partition coefficient (Wildman–Crippen LogP) is 2.36. The van der Waals surface area contributed by atoms with Crippen LogP contribution in [0.15, 0.2) is 53.1 Å². The third kappa shape index (κ3) is 4.44. The Hall–Kier alpha value is -2.60. The van der Waals surface area contributed by atoms with Gasteiger partial charge in [0.25, 0.3) is 0 Å². The molecule has 1 aromatic heterocycles. The fraction of sp³-hybridized carbons (Fsp3) is 0.455. The lowest BCUT2D eigenvalue weighted by molar-refractivity contribution is -0.135. The second kappa shape index (κ2) is 8.61. The van der Waals surface area contributed by atoms with Crippen LogP contribution >= 0.6 is 0 Å². The lowest BCUT2D eigenvalue weighted by atomic mass is 10.1. The van der Waals surface area contributed by atoms with Crippen molar-refractivity contribution in [2.45, 2.75) is 25.9 Å². The highest BCUT2D eigenvalue weighted by Crippen LogP contribution is 2.23. The maximum absolute atomic E-state index is 13.0. The molecule has 0 aliphatic carbocycles. The number of rotatable bonds is 5. The lowest BCUT2D eigenvalue weighted by Crippen LogP contribution is -2.39. The van der Waals surface area contributed by atoms with Crippen molar-refractivity contribution in [3.63, 3.8) is 0 Å². The minimum absolute atomic E-state index is 0.0373. The van der Waals surface area contributed by atoms with Crippen LogP contribution in [-0.4, -0.2) is 59.2 Å². The molecular weight excluding hydrogens is 354 g/mol. The van der Waals surface area contributed by atoms with Crippen molar-refractivity contribution < 1.29 is 14.0 Å². The van der Waals surface area contributed by atoms with Crippen LogP contribution < -0.4 is 0 Å². The molecule has 3 heterocycles. The summed E-state index contributed by atoms with van der Waals surface area (Å²) in [4.78, 5) is 31.4. The highest BCUT2D eigenvalue weighted by molar-refractivity contribution is 5.89. The molecule has 4 rings (SSSR count). The minimum atomic E-state index is -0.233. The minimum Gasteiger partial charge on any atom is -0.467 e. The number of amides is 2. The Morgan fingerprint density at radius 2 is 1.86 bits per heavy atom. The number of benzene rings is 1. The van der Waals surface area contributed by atoms with Crippen LogP contribution in [0.1, 0.15) is 24.2 Å². The van der Waals surface area contributed by atoms with E-state index in [1.807, 2.05) is 23.1 Å². The number of furan rings is 1. The summed E-state index contributed by atoms with van der Waals surface area (Å²) in [5.74, 6) is 0.683. The zero-order valence-electron chi connectivity index (χ0n) is 16.1. The molecule has 2 aromatic rings. The quantitative estimate of drug-likeness (QED) is 0.798. The molecule has 2 aliphatic rings. The van der Waals surface area contributed by atoms with E-state index in [9.17, 15) is 9.59 Å². The van der Waals surface area contributed by atoms with Gasteiger partial charge in [-0.25, -0.2) is 0 Å². The van der Waals surface area contributed by atoms with Gasteiger partial charge in [0.05, 0.1) is 18.7 Å². The lowest BCUT2D eigenvalue weighted by Gasteiger charge is -2.24. The van der Waals surface area contributed by atoms with Crippen molar-refractivity contribution in [3.8, 4) is 0 Å². The molecule has 1 aromatic carbocycles. The summed E-state index contributed by atoms with van der Waals surface area (Å²) in [6.45, 7) is 5.22. The molecule has 148 valence electrons. The zero-order valence-corrected chi connectivity index (χ0v) is 16.1.